The molecule has 0 aliphatic rings. The number of carbonyl (C=O) groups excluding carboxylic acids is 2. The number of benzene rings is 1. The van der Waals surface area contributed by atoms with Crippen LogP contribution in [0.15, 0.2) is 18.2 Å². The predicted octanol–water partition coefficient (Wildman–Crippen LogP) is 0.942. The molecule has 6 heteroatoms. The summed E-state index contributed by atoms with van der Waals surface area (Å²) in [6.45, 7) is 4.42. The van der Waals surface area contributed by atoms with Gasteiger partial charge in [-0.15, -0.1) is 0 Å². The first kappa shape index (κ1) is 15.8. The van der Waals surface area contributed by atoms with Crippen LogP contribution in [0.3, 0.4) is 0 Å². The Morgan fingerprint density at radius 1 is 1.20 bits per heavy atom. The molecule has 6 nitrogen and oxygen atoms in total. The molecule has 0 heterocycles. The van der Waals surface area contributed by atoms with Gasteiger partial charge >= 0.3 is 0 Å². The first-order valence-corrected chi connectivity index (χ1v) is 6.34. The summed E-state index contributed by atoms with van der Waals surface area (Å²) in [4.78, 5) is 24.9. The molecule has 1 rings (SSSR count). The fourth-order valence-corrected chi connectivity index (χ4v) is 1.60. The third-order valence-electron chi connectivity index (χ3n) is 2.58. The molecule has 0 fully saturated rings. The molecule has 0 unspecified atom stereocenters. The smallest absolute Gasteiger partial charge is 0.254 e. The van der Waals surface area contributed by atoms with Crippen LogP contribution in [0.5, 0.6) is 11.5 Å². The molecule has 1 aromatic carbocycles. The van der Waals surface area contributed by atoms with Gasteiger partial charge in [-0.1, -0.05) is 13.8 Å². The first-order valence-electron chi connectivity index (χ1n) is 6.34. The lowest BCUT2D eigenvalue weighted by Gasteiger charge is -2.17. The fourth-order valence-electron chi connectivity index (χ4n) is 1.60. The topological polar surface area (TPSA) is 89.9 Å². The second-order valence-corrected chi connectivity index (χ2v) is 5.10. The predicted molar refractivity (Wildman–Crippen MR) is 74.6 cm³/mol. The molecule has 0 bridgehead atoms. The molecular formula is C14H20N2O4. The van der Waals surface area contributed by atoms with Crippen LogP contribution < -0.4 is 5.32 Å². The highest BCUT2D eigenvalue weighted by molar-refractivity contribution is 5.97. The highest BCUT2D eigenvalue weighted by Crippen LogP contribution is 2.21. The maximum absolute atomic E-state index is 12.0. The largest absolute Gasteiger partial charge is 0.508 e. The number of nitrogens with zero attached hydrogens (tertiary/aromatic N) is 1. The number of hydrogen-bond donors (Lipinski definition) is 3. The minimum Gasteiger partial charge on any atom is -0.508 e. The molecule has 0 atom stereocenters. The molecule has 0 saturated carbocycles. The quantitative estimate of drug-likeness (QED) is 0.749. The van der Waals surface area contributed by atoms with E-state index in [0.29, 0.717) is 12.5 Å². The number of carbonyl (C=O) groups is 2. The minimum absolute atomic E-state index is 0.0814. The van der Waals surface area contributed by atoms with E-state index < -0.39 is 5.91 Å². The maximum Gasteiger partial charge on any atom is 0.254 e. The van der Waals surface area contributed by atoms with Gasteiger partial charge in [-0.2, -0.15) is 0 Å². The van der Waals surface area contributed by atoms with E-state index in [9.17, 15) is 19.8 Å². The molecule has 0 radical (unpaired) electrons. The molecule has 110 valence electrons. The number of phenols is 2. The monoisotopic (exact) mass is 280 g/mol. The molecular weight excluding hydrogens is 260 g/mol. The zero-order valence-electron chi connectivity index (χ0n) is 11.9. The summed E-state index contributed by atoms with van der Waals surface area (Å²) in [6.07, 6.45) is 0. The van der Waals surface area contributed by atoms with Crippen molar-refractivity contribution in [3.8, 4) is 11.5 Å². The lowest BCUT2D eigenvalue weighted by Crippen LogP contribution is -2.39. The molecule has 0 saturated heterocycles. The van der Waals surface area contributed by atoms with E-state index in [4.69, 9.17) is 0 Å². The van der Waals surface area contributed by atoms with Crippen LogP contribution in [-0.4, -0.2) is 47.1 Å². The third-order valence-corrected chi connectivity index (χ3v) is 2.58. The number of phenolic OH excluding ortho intramolecular Hbond substituents is 2. The molecule has 3 N–H and O–H groups in total. The summed E-state index contributed by atoms with van der Waals surface area (Å²) >= 11 is 0. The Labute approximate surface area is 118 Å². The SMILES string of the molecule is CC(C)CNC(=O)CN(C)C(=O)c1cc(O)cc(O)c1. The number of hydrogen-bond acceptors (Lipinski definition) is 4. The Morgan fingerprint density at radius 3 is 2.25 bits per heavy atom. The summed E-state index contributed by atoms with van der Waals surface area (Å²) in [6, 6.07) is 3.61. The molecule has 0 spiro atoms. The van der Waals surface area contributed by atoms with Crippen LogP contribution in [-0.2, 0) is 4.79 Å². The summed E-state index contributed by atoms with van der Waals surface area (Å²) < 4.78 is 0. The second-order valence-electron chi connectivity index (χ2n) is 5.10. The molecule has 0 aromatic heterocycles. The zero-order valence-corrected chi connectivity index (χ0v) is 11.9. The van der Waals surface area contributed by atoms with Crippen molar-refractivity contribution in [2.75, 3.05) is 20.1 Å². The van der Waals surface area contributed by atoms with Gasteiger partial charge in [0, 0.05) is 25.2 Å². The lowest BCUT2D eigenvalue weighted by molar-refractivity contribution is -0.121. The third kappa shape index (κ3) is 4.79. The number of amides is 2. The van der Waals surface area contributed by atoms with E-state index in [0.717, 1.165) is 6.07 Å². The van der Waals surface area contributed by atoms with Crippen molar-refractivity contribution in [1.82, 2.24) is 10.2 Å². The Balaban J connectivity index is 2.64. The van der Waals surface area contributed by atoms with Gasteiger partial charge in [0.25, 0.3) is 5.91 Å². The molecule has 2 amide bonds. The van der Waals surface area contributed by atoms with Crippen LogP contribution in [0, 0.1) is 5.92 Å². The second kappa shape index (κ2) is 6.79. The van der Waals surface area contributed by atoms with E-state index in [-0.39, 0.29) is 29.5 Å². The number of nitrogens with one attached hydrogen (secondary N) is 1. The maximum atomic E-state index is 12.0. The van der Waals surface area contributed by atoms with Crippen LogP contribution in [0.2, 0.25) is 0 Å². The standard InChI is InChI=1S/C14H20N2O4/c1-9(2)7-15-13(19)8-16(3)14(20)10-4-11(17)6-12(18)5-10/h4-6,9,17-18H,7-8H2,1-3H3,(H,15,19). The molecule has 20 heavy (non-hydrogen) atoms. The summed E-state index contributed by atoms with van der Waals surface area (Å²) in [5.41, 5.74) is 0.127. The van der Waals surface area contributed by atoms with Crippen LogP contribution in [0.4, 0.5) is 0 Å². The van der Waals surface area contributed by atoms with E-state index >= 15 is 0 Å². The number of likely N-dealkylation sites (N-methyl/N-ethyl adjacent to an activating group) is 1. The Kier molecular flexibility index (Phi) is 5.37. The van der Waals surface area contributed by atoms with Gasteiger partial charge in [-0.05, 0) is 18.1 Å². The summed E-state index contributed by atoms with van der Waals surface area (Å²) in [5.74, 6) is -0.769. The zero-order chi connectivity index (χ0) is 15.3. The first-order chi connectivity index (χ1) is 9.29. The Hall–Kier alpha value is -2.24. The van der Waals surface area contributed by atoms with E-state index in [1.54, 1.807) is 0 Å². The molecule has 0 aliphatic carbocycles. The van der Waals surface area contributed by atoms with E-state index in [2.05, 4.69) is 5.32 Å². The van der Waals surface area contributed by atoms with Gasteiger partial charge in [-0.25, -0.2) is 0 Å². The van der Waals surface area contributed by atoms with Crippen molar-refractivity contribution in [2.24, 2.45) is 5.92 Å². The van der Waals surface area contributed by atoms with Gasteiger partial charge < -0.3 is 20.4 Å². The van der Waals surface area contributed by atoms with Gasteiger partial charge in [-0.3, -0.25) is 9.59 Å². The Bertz CT molecular complexity index is 480. The van der Waals surface area contributed by atoms with Gasteiger partial charge in [0.05, 0.1) is 6.54 Å². The summed E-state index contributed by atoms with van der Waals surface area (Å²) in [7, 11) is 1.48. The van der Waals surface area contributed by atoms with Crippen molar-refractivity contribution in [3.63, 3.8) is 0 Å². The Morgan fingerprint density at radius 2 is 1.75 bits per heavy atom. The summed E-state index contributed by atoms with van der Waals surface area (Å²) in [5, 5.41) is 21.4. The molecule has 0 aliphatic heterocycles. The van der Waals surface area contributed by atoms with Crippen molar-refractivity contribution in [2.45, 2.75) is 13.8 Å². The van der Waals surface area contributed by atoms with Crippen molar-refractivity contribution in [3.05, 3.63) is 23.8 Å². The van der Waals surface area contributed by atoms with Crippen LogP contribution in [0.1, 0.15) is 24.2 Å². The number of aromatic hydroxyl groups is 2. The van der Waals surface area contributed by atoms with Crippen molar-refractivity contribution >= 4 is 11.8 Å². The molecule has 1 aromatic rings. The lowest BCUT2D eigenvalue weighted by atomic mass is 10.1. The van der Waals surface area contributed by atoms with Gasteiger partial charge in [0.15, 0.2) is 0 Å². The van der Waals surface area contributed by atoms with Crippen molar-refractivity contribution < 1.29 is 19.8 Å². The van der Waals surface area contributed by atoms with Crippen molar-refractivity contribution in [1.29, 1.82) is 0 Å². The fraction of sp³-hybridized carbons (Fsp3) is 0.429. The average Bonchev–Trinajstić information content (AvgIpc) is 2.34. The van der Waals surface area contributed by atoms with Gasteiger partial charge in [0.2, 0.25) is 5.91 Å². The highest BCUT2D eigenvalue weighted by atomic mass is 16.3. The normalized spacial score (nSPS) is 10.4. The van der Waals surface area contributed by atoms with E-state index in [1.165, 1.54) is 24.1 Å². The van der Waals surface area contributed by atoms with Crippen LogP contribution in [0.25, 0.3) is 0 Å². The minimum atomic E-state index is -0.448. The van der Waals surface area contributed by atoms with Gasteiger partial charge in [0.1, 0.15) is 11.5 Å². The van der Waals surface area contributed by atoms with Crippen LogP contribution >= 0.6 is 0 Å². The average molecular weight is 280 g/mol. The number of rotatable bonds is 5. The highest BCUT2D eigenvalue weighted by Gasteiger charge is 2.16. The van der Waals surface area contributed by atoms with E-state index in [1.807, 2.05) is 13.8 Å².